The molecule has 2 rings (SSSR count). The summed E-state index contributed by atoms with van der Waals surface area (Å²) in [4.78, 5) is 15.2. The van der Waals surface area contributed by atoms with Crippen molar-refractivity contribution in [3.63, 3.8) is 0 Å². The number of carbonyl (C=O) groups is 1. The van der Waals surface area contributed by atoms with Gasteiger partial charge in [0.05, 0.1) is 5.69 Å². The summed E-state index contributed by atoms with van der Waals surface area (Å²) in [6.07, 6.45) is 4.14. The molecule has 7 heteroatoms. The maximum Gasteiger partial charge on any atom is 0.339 e. The number of aryl methyl sites for hydroxylation is 1. The van der Waals surface area contributed by atoms with Crippen LogP contribution in [0.3, 0.4) is 0 Å². The fraction of sp³-hybridized carbons (Fsp3) is 0.250. The van der Waals surface area contributed by atoms with Crippen molar-refractivity contribution in [3.8, 4) is 0 Å². The lowest BCUT2D eigenvalue weighted by Gasteiger charge is -2.07. The maximum atomic E-state index is 11.1. The highest BCUT2D eigenvalue weighted by Gasteiger charge is 2.11. The molecule has 0 bridgehead atoms. The van der Waals surface area contributed by atoms with E-state index in [0.717, 1.165) is 5.69 Å². The number of carboxylic acid groups (broad SMARTS) is 1. The third-order valence-corrected chi connectivity index (χ3v) is 2.96. The van der Waals surface area contributed by atoms with Gasteiger partial charge in [0.1, 0.15) is 11.4 Å². The van der Waals surface area contributed by atoms with Crippen molar-refractivity contribution < 1.29 is 9.90 Å². The van der Waals surface area contributed by atoms with Gasteiger partial charge in [-0.15, -0.1) is 0 Å². The van der Waals surface area contributed by atoms with E-state index >= 15 is 0 Å². The molecule has 0 aliphatic rings. The molecule has 0 unspecified atom stereocenters. The topological polar surface area (TPSA) is 80.0 Å². The number of carboxylic acids is 1. The number of aromatic nitrogens is 3. The molecule has 0 amide bonds. The SMILES string of the molecule is Cn1ccc(CCNc2ncc(Br)cc2C(=O)O)n1. The summed E-state index contributed by atoms with van der Waals surface area (Å²) in [5.41, 5.74) is 1.10. The second-order valence-electron chi connectivity index (χ2n) is 4.01. The number of anilines is 1. The third-order valence-electron chi connectivity index (χ3n) is 2.53. The molecule has 0 saturated heterocycles. The predicted octanol–water partition coefficient (Wildman–Crippen LogP) is 1.93. The quantitative estimate of drug-likeness (QED) is 0.878. The van der Waals surface area contributed by atoms with E-state index in [0.29, 0.717) is 23.3 Å². The Morgan fingerprint density at radius 2 is 2.37 bits per heavy atom. The third kappa shape index (κ3) is 3.54. The smallest absolute Gasteiger partial charge is 0.339 e. The van der Waals surface area contributed by atoms with Crippen molar-refractivity contribution in [1.82, 2.24) is 14.8 Å². The number of nitrogens with one attached hydrogen (secondary N) is 1. The van der Waals surface area contributed by atoms with Crippen LogP contribution >= 0.6 is 15.9 Å². The molecule has 2 aromatic heterocycles. The van der Waals surface area contributed by atoms with Crippen LogP contribution in [0.5, 0.6) is 0 Å². The predicted molar refractivity (Wildman–Crippen MR) is 74.3 cm³/mol. The first kappa shape index (κ1) is 13.5. The number of halogens is 1. The lowest BCUT2D eigenvalue weighted by atomic mass is 10.2. The number of rotatable bonds is 5. The molecule has 0 aromatic carbocycles. The molecule has 100 valence electrons. The highest BCUT2D eigenvalue weighted by Crippen LogP contribution is 2.17. The van der Waals surface area contributed by atoms with Gasteiger partial charge in [-0.05, 0) is 28.1 Å². The second-order valence-corrected chi connectivity index (χ2v) is 4.93. The average molecular weight is 325 g/mol. The van der Waals surface area contributed by atoms with Gasteiger partial charge in [-0.2, -0.15) is 5.10 Å². The van der Waals surface area contributed by atoms with Crippen LogP contribution < -0.4 is 5.32 Å². The summed E-state index contributed by atoms with van der Waals surface area (Å²) < 4.78 is 2.37. The zero-order valence-electron chi connectivity index (χ0n) is 10.3. The Balaban J connectivity index is 2.01. The minimum atomic E-state index is -1.01. The molecular formula is C12H13BrN4O2. The summed E-state index contributed by atoms with van der Waals surface area (Å²) in [5, 5.41) is 16.4. The molecule has 0 atom stereocenters. The van der Waals surface area contributed by atoms with Gasteiger partial charge in [0.2, 0.25) is 0 Å². The van der Waals surface area contributed by atoms with Crippen molar-refractivity contribution in [1.29, 1.82) is 0 Å². The van der Waals surface area contributed by atoms with Gasteiger partial charge in [-0.25, -0.2) is 9.78 Å². The van der Waals surface area contributed by atoms with E-state index < -0.39 is 5.97 Å². The van der Waals surface area contributed by atoms with Crippen molar-refractivity contribution in [2.45, 2.75) is 6.42 Å². The standard InChI is InChI=1S/C12H13BrN4O2/c1-17-5-3-9(16-17)2-4-14-11-10(12(18)19)6-8(13)7-15-11/h3,5-7H,2,4H2,1H3,(H,14,15)(H,18,19). The van der Waals surface area contributed by atoms with Crippen LogP contribution in [0.25, 0.3) is 0 Å². The number of aromatic carboxylic acids is 1. The van der Waals surface area contributed by atoms with Crippen LogP contribution in [0.15, 0.2) is 29.0 Å². The molecule has 0 saturated carbocycles. The Kier molecular flexibility index (Phi) is 4.16. The first-order chi connectivity index (χ1) is 9.06. The second kappa shape index (κ2) is 5.83. The Morgan fingerprint density at radius 1 is 1.58 bits per heavy atom. The van der Waals surface area contributed by atoms with Crippen LogP contribution in [-0.2, 0) is 13.5 Å². The van der Waals surface area contributed by atoms with E-state index in [1.165, 1.54) is 6.07 Å². The molecule has 0 fully saturated rings. The number of nitrogens with zero attached hydrogens (tertiary/aromatic N) is 3. The van der Waals surface area contributed by atoms with Gasteiger partial charge in [0, 0.05) is 36.9 Å². The van der Waals surface area contributed by atoms with E-state index in [2.05, 4.69) is 31.3 Å². The minimum absolute atomic E-state index is 0.149. The van der Waals surface area contributed by atoms with Gasteiger partial charge in [-0.3, -0.25) is 4.68 Å². The largest absolute Gasteiger partial charge is 0.478 e. The highest BCUT2D eigenvalue weighted by molar-refractivity contribution is 9.10. The van der Waals surface area contributed by atoms with E-state index in [1.807, 2.05) is 19.3 Å². The molecule has 2 aromatic rings. The molecular weight excluding hydrogens is 312 g/mol. The number of hydrogen-bond acceptors (Lipinski definition) is 4. The number of hydrogen-bond donors (Lipinski definition) is 2. The highest BCUT2D eigenvalue weighted by atomic mass is 79.9. The molecule has 2 N–H and O–H groups in total. The van der Waals surface area contributed by atoms with Crippen molar-refractivity contribution in [3.05, 3.63) is 40.3 Å². The lowest BCUT2D eigenvalue weighted by molar-refractivity contribution is 0.0697. The van der Waals surface area contributed by atoms with E-state index in [4.69, 9.17) is 5.11 Å². The first-order valence-electron chi connectivity index (χ1n) is 5.67. The zero-order valence-corrected chi connectivity index (χ0v) is 11.9. The van der Waals surface area contributed by atoms with E-state index in [1.54, 1.807) is 10.9 Å². The van der Waals surface area contributed by atoms with Crippen LogP contribution in [0.1, 0.15) is 16.1 Å². The van der Waals surface area contributed by atoms with Gasteiger partial charge in [-0.1, -0.05) is 0 Å². The normalized spacial score (nSPS) is 10.4. The fourth-order valence-corrected chi connectivity index (χ4v) is 1.98. The Morgan fingerprint density at radius 3 is 3.00 bits per heavy atom. The monoisotopic (exact) mass is 324 g/mol. The maximum absolute atomic E-state index is 11.1. The molecule has 6 nitrogen and oxygen atoms in total. The zero-order chi connectivity index (χ0) is 13.8. The van der Waals surface area contributed by atoms with Gasteiger partial charge >= 0.3 is 5.97 Å². The van der Waals surface area contributed by atoms with Crippen molar-refractivity contribution >= 4 is 27.7 Å². The van der Waals surface area contributed by atoms with Gasteiger partial charge < -0.3 is 10.4 Å². The summed E-state index contributed by atoms with van der Waals surface area (Å²) in [5.74, 6) is -0.638. The average Bonchev–Trinajstić information content (AvgIpc) is 2.77. The van der Waals surface area contributed by atoms with Crippen LogP contribution in [0, 0.1) is 0 Å². The minimum Gasteiger partial charge on any atom is -0.478 e. The molecule has 2 heterocycles. The Labute approximate surface area is 118 Å². The van der Waals surface area contributed by atoms with Gasteiger partial charge in [0.15, 0.2) is 0 Å². The van der Waals surface area contributed by atoms with E-state index in [-0.39, 0.29) is 5.56 Å². The van der Waals surface area contributed by atoms with Crippen molar-refractivity contribution in [2.24, 2.45) is 7.05 Å². The molecule has 0 spiro atoms. The molecule has 0 aliphatic carbocycles. The first-order valence-corrected chi connectivity index (χ1v) is 6.47. The van der Waals surface area contributed by atoms with E-state index in [9.17, 15) is 4.79 Å². The summed E-state index contributed by atoms with van der Waals surface area (Å²) >= 11 is 3.21. The molecule has 0 aliphatic heterocycles. The molecule has 19 heavy (non-hydrogen) atoms. The Bertz CT molecular complexity index is 597. The summed E-state index contributed by atoms with van der Waals surface area (Å²) in [6.45, 7) is 0.575. The fourth-order valence-electron chi connectivity index (χ4n) is 1.65. The summed E-state index contributed by atoms with van der Waals surface area (Å²) in [6, 6.07) is 3.45. The lowest BCUT2D eigenvalue weighted by Crippen LogP contribution is -2.11. The van der Waals surface area contributed by atoms with Crippen LogP contribution in [0.4, 0.5) is 5.82 Å². The summed E-state index contributed by atoms with van der Waals surface area (Å²) in [7, 11) is 1.86. The van der Waals surface area contributed by atoms with Gasteiger partial charge in [0.25, 0.3) is 0 Å². The van der Waals surface area contributed by atoms with Crippen LogP contribution in [-0.4, -0.2) is 32.4 Å². The van der Waals surface area contributed by atoms with Crippen molar-refractivity contribution in [2.75, 3.05) is 11.9 Å². The molecule has 0 radical (unpaired) electrons. The Hall–Kier alpha value is -1.89. The van der Waals surface area contributed by atoms with Crippen LogP contribution in [0.2, 0.25) is 0 Å². The number of pyridine rings is 1.